The number of nitrogens with one attached hydrogen (secondary N) is 2. The van der Waals surface area contributed by atoms with Crippen LogP contribution in [0.4, 0.5) is 5.69 Å². The van der Waals surface area contributed by atoms with E-state index in [0.29, 0.717) is 0 Å². The predicted octanol–water partition coefficient (Wildman–Crippen LogP) is 1.73. The molecule has 0 amide bonds. The van der Waals surface area contributed by atoms with Crippen molar-refractivity contribution in [1.29, 1.82) is 0 Å². The minimum absolute atomic E-state index is 0.751. The first-order valence-electron chi connectivity index (χ1n) is 5.51. The second kappa shape index (κ2) is 3.28. The Hall–Kier alpha value is -1.02. The molecule has 14 heavy (non-hydrogen) atoms. The zero-order chi connectivity index (χ0) is 9.38. The molecule has 0 spiro atoms. The fourth-order valence-electron chi connectivity index (χ4n) is 2.52. The van der Waals surface area contributed by atoms with E-state index in [1.165, 1.54) is 36.2 Å². The highest BCUT2D eigenvalue weighted by Gasteiger charge is 2.18. The molecule has 0 bridgehead atoms. The summed E-state index contributed by atoms with van der Waals surface area (Å²) < 4.78 is 0. The number of benzene rings is 1. The van der Waals surface area contributed by atoms with Crippen molar-refractivity contribution in [2.75, 3.05) is 25.0 Å². The zero-order valence-corrected chi connectivity index (χ0v) is 8.34. The molecule has 0 radical (unpaired) electrons. The summed E-state index contributed by atoms with van der Waals surface area (Å²) in [6.07, 6.45) is 2.50. The molecule has 2 aliphatic heterocycles. The van der Waals surface area contributed by atoms with E-state index in [9.17, 15) is 0 Å². The van der Waals surface area contributed by atoms with E-state index in [1.807, 2.05) is 0 Å². The van der Waals surface area contributed by atoms with Crippen molar-refractivity contribution in [2.45, 2.75) is 18.8 Å². The summed E-state index contributed by atoms with van der Waals surface area (Å²) in [7, 11) is 0. The summed E-state index contributed by atoms with van der Waals surface area (Å²) in [4.78, 5) is 0. The second-order valence-corrected chi connectivity index (χ2v) is 4.28. The number of fused-ring (bicyclic) bond motifs is 1. The Morgan fingerprint density at radius 1 is 1.21 bits per heavy atom. The quantitative estimate of drug-likeness (QED) is 0.701. The molecule has 2 aliphatic rings. The Kier molecular flexibility index (Phi) is 1.95. The van der Waals surface area contributed by atoms with Gasteiger partial charge >= 0.3 is 0 Å². The smallest absolute Gasteiger partial charge is 0.0373 e. The van der Waals surface area contributed by atoms with Crippen LogP contribution in [0, 0.1) is 0 Å². The maximum Gasteiger partial charge on any atom is 0.0373 e. The fraction of sp³-hybridized carbons (Fsp3) is 0.500. The number of hydrogen-bond acceptors (Lipinski definition) is 2. The monoisotopic (exact) mass is 188 g/mol. The van der Waals surface area contributed by atoms with E-state index in [-0.39, 0.29) is 0 Å². The molecule has 1 fully saturated rings. The Balaban J connectivity index is 1.91. The van der Waals surface area contributed by atoms with Crippen LogP contribution in [0.15, 0.2) is 18.2 Å². The molecule has 3 rings (SSSR count). The van der Waals surface area contributed by atoms with E-state index in [0.717, 1.165) is 19.0 Å². The summed E-state index contributed by atoms with van der Waals surface area (Å²) in [6.45, 7) is 3.45. The molecule has 1 aromatic carbocycles. The molecule has 0 saturated carbocycles. The highest BCUT2D eigenvalue weighted by atomic mass is 14.9. The van der Waals surface area contributed by atoms with Gasteiger partial charge in [-0.1, -0.05) is 12.1 Å². The molecule has 1 saturated heterocycles. The van der Waals surface area contributed by atoms with Crippen molar-refractivity contribution in [3.8, 4) is 0 Å². The van der Waals surface area contributed by atoms with Crippen molar-refractivity contribution < 1.29 is 0 Å². The van der Waals surface area contributed by atoms with Gasteiger partial charge in [0.2, 0.25) is 0 Å². The minimum atomic E-state index is 0.751. The Morgan fingerprint density at radius 2 is 2.21 bits per heavy atom. The van der Waals surface area contributed by atoms with Crippen LogP contribution in [0.25, 0.3) is 0 Å². The molecule has 1 atom stereocenters. The van der Waals surface area contributed by atoms with Gasteiger partial charge < -0.3 is 10.6 Å². The largest absolute Gasteiger partial charge is 0.384 e. The topological polar surface area (TPSA) is 24.1 Å². The SMILES string of the molecule is c1cc2c(cc1C1CCNC1)CCN2. The molecule has 0 aromatic heterocycles. The third-order valence-corrected chi connectivity index (χ3v) is 3.37. The number of hydrogen-bond donors (Lipinski definition) is 2. The average molecular weight is 188 g/mol. The minimum Gasteiger partial charge on any atom is -0.384 e. The fourth-order valence-corrected chi connectivity index (χ4v) is 2.52. The molecule has 2 N–H and O–H groups in total. The van der Waals surface area contributed by atoms with E-state index in [2.05, 4.69) is 28.8 Å². The molecule has 1 unspecified atom stereocenters. The summed E-state index contributed by atoms with van der Waals surface area (Å²) in [5.74, 6) is 0.751. The second-order valence-electron chi connectivity index (χ2n) is 4.28. The number of rotatable bonds is 1. The van der Waals surface area contributed by atoms with E-state index in [1.54, 1.807) is 0 Å². The molecule has 2 heteroatoms. The molecule has 2 nitrogen and oxygen atoms in total. The van der Waals surface area contributed by atoms with Crippen LogP contribution in [0.5, 0.6) is 0 Å². The lowest BCUT2D eigenvalue weighted by Crippen LogP contribution is -2.08. The van der Waals surface area contributed by atoms with Gasteiger partial charge in [-0.3, -0.25) is 0 Å². The van der Waals surface area contributed by atoms with Crippen LogP contribution in [0.3, 0.4) is 0 Å². The summed E-state index contributed by atoms with van der Waals surface area (Å²) >= 11 is 0. The van der Waals surface area contributed by atoms with Gasteiger partial charge in [-0.05, 0) is 42.5 Å². The van der Waals surface area contributed by atoms with Gasteiger partial charge in [-0.15, -0.1) is 0 Å². The van der Waals surface area contributed by atoms with Gasteiger partial charge in [0.25, 0.3) is 0 Å². The lowest BCUT2D eigenvalue weighted by Gasteiger charge is -2.10. The van der Waals surface area contributed by atoms with Crippen molar-refractivity contribution >= 4 is 5.69 Å². The third kappa shape index (κ3) is 1.30. The van der Waals surface area contributed by atoms with Crippen molar-refractivity contribution in [2.24, 2.45) is 0 Å². The average Bonchev–Trinajstić information content (AvgIpc) is 2.88. The van der Waals surface area contributed by atoms with Crippen LogP contribution in [0.2, 0.25) is 0 Å². The van der Waals surface area contributed by atoms with Crippen LogP contribution in [0.1, 0.15) is 23.5 Å². The predicted molar refractivity (Wildman–Crippen MR) is 58.9 cm³/mol. The standard InChI is InChI=1S/C12H16N2/c1-2-12-10(4-6-14-12)7-9(1)11-3-5-13-8-11/h1-2,7,11,13-14H,3-6,8H2. The normalized spacial score (nSPS) is 24.7. The zero-order valence-electron chi connectivity index (χ0n) is 8.34. The van der Waals surface area contributed by atoms with Crippen molar-refractivity contribution in [3.05, 3.63) is 29.3 Å². The maximum atomic E-state index is 3.42. The summed E-state index contributed by atoms with van der Waals surface area (Å²) in [6, 6.07) is 6.93. The van der Waals surface area contributed by atoms with E-state index in [4.69, 9.17) is 0 Å². The van der Waals surface area contributed by atoms with Crippen LogP contribution < -0.4 is 10.6 Å². The van der Waals surface area contributed by atoms with Crippen LogP contribution in [-0.2, 0) is 6.42 Å². The lowest BCUT2D eigenvalue weighted by molar-refractivity contribution is 0.762. The highest BCUT2D eigenvalue weighted by molar-refractivity contribution is 5.57. The molecular weight excluding hydrogens is 172 g/mol. The molecule has 0 aliphatic carbocycles. The maximum absolute atomic E-state index is 3.42. The van der Waals surface area contributed by atoms with Gasteiger partial charge in [-0.25, -0.2) is 0 Å². The van der Waals surface area contributed by atoms with E-state index < -0.39 is 0 Å². The van der Waals surface area contributed by atoms with Gasteiger partial charge in [0.15, 0.2) is 0 Å². The van der Waals surface area contributed by atoms with Crippen LogP contribution in [-0.4, -0.2) is 19.6 Å². The first-order valence-corrected chi connectivity index (χ1v) is 5.51. The molecule has 2 heterocycles. The Morgan fingerprint density at radius 3 is 3.07 bits per heavy atom. The molecular formula is C12H16N2. The molecule has 74 valence electrons. The van der Waals surface area contributed by atoms with Gasteiger partial charge in [0, 0.05) is 18.8 Å². The first-order chi connectivity index (χ1) is 6.93. The van der Waals surface area contributed by atoms with E-state index >= 15 is 0 Å². The summed E-state index contributed by atoms with van der Waals surface area (Å²) in [5, 5.41) is 6.83. The van der Waals surface area contributed by atoms with Gasteiger partial charge in [0.1, 0.15) is 0 Å². The third-order valence-electron chi connectivity index (χ3n) is 3.37. The first kappa shape index (κ1) is 8.30. The van der Waals surface area contributed by atoms with Crippen molar-refractivity contribution in [3.63, 3.8) is 0 Å². The Bertz CT molecular complexity index is 340. The van der Waals surface area contributed by atoms with Gasteiger partial charge in [-0.2, -0.15) is 0 Å². The van der Waals surface area contributed by atoms with Crippen molar-refractivity contribution in [1.82, 2.24) is 5.32 Å². The number of anilines is 1. The highest BCUT2D eigenvalue weighted by Crippen LogP contribution is 2.29. The molecule has 1 aromatic rings. The lowest BCUT2D eigenvalue weighted by atomic mass is 9.96. The Labute approximate surface area is 84.7 Å². The summed E-state index contributed by atoms with van der Waals surface area (Å²) in [5.41, 5.74) is 4.38. The van der Waals surface area contributed by atoms with Crippen LogP contribution >= 0.6 is 0 Å². The van der Waals surface area contributed by atoms with Gasteiger partial charge in [0.05, 0.1) is 0 Å².